The molecule has 35 heavy (non-hydrogen) atoms. The van der Waals surface area contributed by atoms with E-state index >= 15 is 0 Å². The second-order valence-electron chi connectivity index (χ2n) is 7.81. The molecular weight excluding hydrogens is 485 g/mol. The Hall–Kier alpha value is -3.08. The number of aromatic nitrogens is 2. The highest BCUT2D eigenvalue weighted by Gasteiger charge is 2.30. The molecular formula is C24H24ClF3N4O3. The van der Waals surface area contributed by atoms with Crippen molar-refractivity contribution in [2.24, 2.45) is 0 Å². The molecule has 1 fully saturated rings. The molecule has 0 saturated carbocycles. The Bertz CT molecular complexity index is 1130. The molecule has 1 aliphatic heterocycles. The Morgan fingerprint density at radius 3 is 2.83 bits per heavy atom. The quantitative estimate of drug-likeness (QED) is 0.352. The Morgan fingerprint density at radius 1 is 1.17 bits per heavy atom. The van der Waals surface area contributed by atoms with Gasteiger partial charge in [0.25, 0.3) is 0 Å². The Morgan fingerprint density at radius 2 is 2.06 bits per heavy atom. The lowest BCUT2D eigenvalue weighted by Crippen LogP contribution is -2.38. The van der Waals surface area contributed by atoms with E-state index in [-0.39, 0.29) is 28.6 Å². The monoisotopic (exact) mass is 508 g/mol. The smallest absolute Gasteiger partial charge is 0.416 e. The van der Waals surface area contributed by atoms with Crippen LogP contribution in [0.3, 0.4) is 0 Å². The van der Waals surface area contributed by atoms with Gasteiger partial charge < -0.3 is 24.8 Å². The van der Waals surface area contributed by atoms with Crippen molar-refractivity contribution >= 4 is 23.1 Å². The second-order valence-corrected chi connectivity index (χ2v) is 8.22. The first-order valence-corrected chi connectivity index (χ1v) is 11.4. The average molecular weight is 509 g/mol. The van der Waals surface area contributed by atoms with Crippen LogP contribution in [-0.4, -0.2) is 42.4 Å². The van der Waals surface area contributed by atoms with Crippen molar-refractivity contribution in [3.05, 3.63) is 65.3 Å². The third-order valence-corrected chi connectivity index (χ3v) is 5.43. The van der Waals surface area contributed by atoms with E-state index in [1.807, 2.05) is 0 Å². The van der Waals surface area contributed by atoms with Crippen molar-refractivity contribution in [1.29, 1.82) is 0 Å². The standard InChI is InChI=1S/C24H24ClF3N4O3/c25-20-14-17(6-7-21(20)35-18-4-1-3-16(13-18)24(26,27)28)31-22-8-9-30-23(32-22)34-11-2-5-19-15-29-10-12-33-19/h1,3-4,6-9,13-14,19,29H,2,5,10-12,15H2,(H,30,31,32). The fraction of sp³-hybridized carbons (Fsp3) is 0.333. The Balaban J connectivity index is 1.32. The molecule has 2 aromatic carbocycles. The molecule has 1 aromatic heterocycles. The van der Waals surface area contributed by atoms with Gasteiger partial charge in [0.05, 0.1) is 29.9 Å². The summed E-state index contributed by atoms with van der Waals surface area (Å²) in [4.78, 5) is 8.46. The van der Waals surface area contributed by atoms with Gasteiger partial charge in [0.2, 0.25) is 0 Å². The minimum absolute atomic E-state index is 0.0336. The molecule has 186 valence electrons. The summed E-state index contributed by atoms with van der Waals surface area (Å²) < 4.78 is 55.6. The van der Waals surface area contributed by atoms with Gasteiger partial charge in [-0.3, -0.25) is 0 Å². The lowest BCUT2D eigenvalue weighted by Gasteiger charge is -2.23. The molecule has 2 N–H and O–H groups in total. The summed E-state index contributed by atoms with van der Waals surface area (Å²) in [5, 5.41) is 6.61. The summed E-state index contributed by atoms with van der Waals surface area (Å²) in [6, 6.07) is 11.3. The van der Waals surface area contributed by atoms with Crippen LogP contribution in [0.15, 0.2) is 54.7 Å². The average Bonchev–Trinajstić information content (AvgIpc) is 2.84. The maximum absolute atomic E-state index is 12.9. The van der Waals surface area contributed by atoms with E-state index in [0.717, 1.165) is 44.7 Å². The maximum atomic E-state index is 12.9. The van der Waals surface area contributed by atoms with E-state index in [9.17, 15) is 13.2 Å². The minimum atomic E-state index is -4.46. The number of benzene rings is 2. The molecule has 1 saturated heterocycles. The predicted octanol–water partition coefficient (Wildman–Crippen LogP) is 5.83. The number of anilines is 2. The SMILES string of the molecule is FC(F)(F)c1cccc(Oc2ccc(Nc3ccnc(OCCCC4CNCCO4)n3)cc2Cl)c1. The van der Waals surface area contributed by atoms with Gasteiger partial charge in [-0.05, 0) is 55.3 Å². The molecule has 1 atom stereocenters. The van der Waals surface area contributed by atoms with Crippen molar-refractivity contribution in [1.82, 2.24) is 15.3 Å². The highest BCUT2D eigenvalue weighted by molar-refractivity contribution is 6.32. The second kappa shape index (κ2) is 11.6. The van der Waals surface area contributed by atoms with Crippen LogP contribution in [0.4, 0.5) is 24.7 Å². The van der Waals surface area contributed by atoms with Crippen LogP contribution in [-0.2, 0) is 10.9 Å². The molecule has 0 spiro atoms. The summed E-state index contributed by atoms with van der Waals surface area (Å²) in [5.74, 6) is 0.754. The number of morpholine rings is 1. The topological polar surface area (TPSA) is 77.5 Å². The lowest BCUT2D eigenvalue weighted by molar-refractivity contribution is -0.137. The first-order valence-electron chi connectivity index (χ1n) is 11.1. The van der Waals surface area contributed by atoms with Crippen molar-refractivity contribution < 1.29 is 27.4 Å². The number of ether oxygens (including phenoxy) is 3. The molecule has 0 bridgehead atoms. The summed E-state index contributed by atoms with van der Waals surface area (Å²) >= 11 is 6.30. The van der Waals surface area contributed by atoms with E-state index in [2.05, 4.69) is 20.6 Å². The van der Waals surface area contributed by atoms with Crippen molar-refractivity contribution in [3.8, 4) is 17.5 Å². The maximum Gasteiger partial charge on any atom is 0.416 e. The van der Waals surface area contributed by atoms with Crippen molar-refractivity contribution in [2.75, 3.05) is 31.6 Å². The molecule has 11 heteroatoms. The van der Waals surface area contributed by atoms with Gasteiger partial charge in [0, 0.05) is 25.0 Å². The third-order valence-electron chi connectivity index (χ3n) is 5.13. The largest absolute Gasteiger partial charge is 0.463 e. The summed E-state index contributed by atoms with van der Waals surface area (Å²) in [6.07, 6.45) is -0.981. The van der Waals surface area contributed by atoms with Gasteiger partial charge in [0.1, 0.15) is 17.3 Å². The molecule has 0 aliphatic carbocycles. The summed E-state index contributed by atoms with van der Waals surface area (Å²) in [7, 11) is 0. The molecule has 0 radical (unpaired) electrons. The highest BCUT2D eigenvalue weighted by atomic mass is 35.5. The summed E-state index contributed by atoms with van der Waals surface area (Å²) in [5.41, 5.74) is -0.191. The van der Waals surface area contributed by atoms with E-state index in [1.165, 1.54) is 12.1 Å². The zero-order valence-electron chi connectivity index (χ0n) is 18.6. The fourth-order valence-corrected chi connectivity index (χ4v) is 3.65. The number of nitrogens with zero attached hydrogens (tertiary/aromatic N) is 2. The Labute approximate surface area is 205 Å². The van der Waals surface area contributed by atoms with Crippen LogP contribution >= 0.6 is 11.6 Å². The summed E-state index contributed by atoms with van der Waals surface area (Å²) in [6.45, 7) is 2.93. The van der Waals surface area contributed by atoms with Gasteiger partial charge in [-0.25, -0.2) is 4.98 Å². The molecule has 7 nitrogen and oxygen atoms in total. The van der Waals surface area contributed by atoms with E-state index in [0.29, 0.717) is 18.1 Å². The number of hydrogen-bond acceptors (Lipinski definition) is 7. The van der Waals surface area contributed by atoms with E-state index < -0.39 is 11.7 Å². The zero-order chi connectivity index (χ0) is 24.7. The highest BCUT2D eigenvalue weighted by Crippen LogP contribution is 2.35. The zero-order valence-corrected chi connectivity index (χ0v) is 19.4. The van der Waals surface area contributed by atoms with E-state index in [4.69, 9.17) is 25.8 Å². The van der Waals surface area contributed by atoms with Gasteiger partial charge in [0.15, 0.2) is 0 Å². The van der Waals surface area contributed by atoms with Crippen LogP contribution in [0.5, 0.6) is 17.5 Å². The van der Waals surface area contributed by atoms with Crippen LogP contribution in [0.1, 0.15) is 18.4 Å². The molecule has 1 unspecified atom stereocenters. The Kier molecular flexibility index (Phi) is 8.27. The molecule has 4 rings (SSSR count). The molecule has 2 heterocycles. The van der Waals surface area contributed by atoms with Gasteiger partial charge in [-0.1, -0.05) is 17.7 Å². The number of nitrogens with one attached hydrogen (secondary N) is 2. The van der Waals surface area contributed by atoms with Crippen molar-refractivity contribution in [2.45, 2.75) is 25.1 Å². The third kappa shape index (κ3) is 7.45. The minimum Gasteiger partial charge on any atom is -0.463 e. The number of halogens is 4. The van der Waals surface area contributed by atoms with Crippen molar-refractivity contribution in [3.63, 3.8) is 0 Å². The predicted molar refractivity (Wildman–Crippen MR) is 126 cm³/mol. The first kappa shape index (κ1) is 25.0. The fourth-order valence-electron chi connectivity index (χ4n) is 3.43. The van der Waals surface area contributed by atoms with Crippen LogP contribution in [0.2, 0.25) is 5.02 Å². The van der Waals surface area contributed by atoms with Gasteiger partial charge >= 0.3 is 12.2 Å². The molecule has 3 aromatic rings. The number of hydrogen-bond donors (Lipinski definition) is 2. The van der Waals surface area contributed by atoms with Crippen LogP contribution < -0.4 is 20.1 Å². The normalized spacial score (nSPS) is 16.1. The van der Waals surface area contributed by atoms with Crippen LogP contribution in [0, 0.1) is 0 Å². The first-order chi connectivity index (χ1) is 16.9. The van der Waals surface area contributed by atoms with Gasteiger partial charge in [-0.2, -0.15) is 18.2 Å². The molecule has 1 aliphatic rings. The van der Waals surface area contributed by atoms with E-state index in [1.54, 1.807) is 30.5 Å². The van der Waals surface area contributed by atoms with Gasteiger partial charge in [-0.15, -0.1) is 0 Å². The number of rotatable bonds is 9. The lowest BCUT2D eigenvalue weighted by atomic mass is 10.2. The molecule has 0 amide bonds. The number of alkyl halides is 3. The van der Waals surface area contributed by atoms with Crippen LogP contribution in [0.25, 0.3) is 0 Å².